The largest absolute Gasteiger partial charge is 0.416 e. The highest BCUT2D eigenvalue weighted by molar-refractivity contribution is 6.34. The maximum absolute atomic E-state index is 12.7. The van der Waals surface area contributed by atoms with Crippen molar-refractivity contribution in [2.24, 2.45) is 5.41 Å². The molecule has 2 amide bonds. The Morgan fingerprint density at radius 1 is 1.13 bits per heavy atom. The van der Waals surface area contributed by atoms with Crippen molar-refractivity contribution in [3.05, 3.63) is 28.8 Å². The lowest BCUT2D eigenvalue weighted by Gasteiger charge is -2.24. The number of amides is 2. The molecule has 1 aromatic carbocycles. The van der Waals surface area contributed by atoms with Gasteiger partial charge in [-0.05, 0) is 45.9 Å². The molecular weight excluding hydrogens is 333 g/mol. The number of hydrogen-bond donors (Lipinski definition) is 2. The molecule has 0 atom stereocenters. The van der Waals surface area contributed by atoms with Gasteiger partial charge in [0, 0.05) is 6.04 Å². The third-order valence-electron chi connectivity index (χ3n) is 3.10. The lowest BCUT2D eigenvalue weighted by Crippen LogP contribution is -2.47. The Morgan fingerprint density at radius 2 is 1.70 bits per heavy atom. The van der Waals surface area contributed by atoms with Gasteiger partial charge in [0.1, 0.15) is 5.41 Å². The summed E-state index contributed by atoms with van der Waals surface area (Å²) in [6.45, 7) is 6.22. The molecule has 128 valence electrons. The van der Waals surface area contributed by atoms with E-state index in [-0.39, 0.29) is 16.8 Å². The molecule has 0 heterocycles. The summed E-state index contributed by atoms with van der Waals surface area (Å²) in [5, 5.41) is 4.82. The van der Waals surface area contributed by atoms with Gasteiger partial charge in [0.05, 0.1) is 16.3 Å². The van der Waals surface area contributed by atoms with Crippen LogP contribution in [0, 0.1) is 5.41 Å². The maximum atomic E-state index is 12.7. The van der Waals surface area contributed by atoms with E-state index in [2.05, 4.69) is 10.6 Å². The molecule has 0 aliphatic heterocycles. The lowest BCUT2D eigenvalue weighted by molar-refractivity contribution is -0.139. The first-order valence-electron chi connectivity index (χ1n) is 6.85. The van der Waals surface area contributed by atoms with Crippen LogP contribution in [0.2, 0.25) is 5.02 Å². The molecule has 0 radical (unpaired) electrons. The molecule has 23 heavy (non-hydrogen) atoms. The van der Waals surface area contributed by atoms with Gasteiger partial charge in [-0.1, -0.05) is 11.6 Å². The van der Waals surface area contributed by atoms with E-state index in [1.807, 2.05) is 0 Å². The first kappa shape index (κ1) is 19.3. The number of nitrogens with one attached hydrogen (secondary N) is 2. The quantitative estimate of drug-likeness (QED) is 0.810. The van der Waals surface area contributed by atoms with Crippen LogP contribution in [0.3, 0.4) is 0 Å². The van der Waals surface area contributed by atoms with Crippen molar-refractivity contribution in [2.45, 2.75) is 39.9 Å². The molecule has 0 saturated carbocycles. The second-order valence-corrected chi connectivity index (χ2v) is 6.31. The monoisotopic (exact) mass is 350 g/mol. The van der Waals surface area contributed by atoms with Gasteiger partial charge in [-0.3, -0.25) is 9.59 Å². The number of rotatable bonds is 4. The fraction of sp³-hybridized carbons (Fsp3) is 0.467. The van der Waals surface area contributed by atoms with Gasteiger partial charge in [0.15, 0.2) is 0 Å². The van der Waals surface area contributed by atoms with Crippen molar-refractivity contribution >= 4 is 29.1 Å². The summed E-state index contributed by atoms with van der Waals surface area (Å²) in [7, 11) is 0. The lowest BCUT2D eigenvalue weighted by atomic mass is 9.90. The average molecular weight is 351 g/mol. The predicted molar refractivity (Wildman–Crippen MR) is 82.1 cm³/mol. The molecular formula is C15H18ClF3N2O2. The van der Waals surface area contributed by atoms with E-state index in [1.165, 1.54) is 13.8 Å². The molecule has 0 aliphatic rings. The van der Waals surface area contributed by atoms with E-state index in [4.69, 9.17) is 11.6 Å². The van der Waals surface area contributed by atoms with Crippen LogP contribution in [0.1, 0.15) is 33.3 Å². The second kappa shape index (κ2) is 6.78. The van der Waals surface area contributed by atoms with Crippen molar-refractivity contribution < 1.29 is 22.8 Å². The summed E-state index contributed by atoms with van der Waals surface area (Å²) in [4.78, 5) is 24.3. The van der Waals surface area contributed by atoms with Crippen LogP contribution in [0.4, 0.5) is 18.9 Å². The summed E-state index contributed by atoms with van der Waals surface area (Å²) in [5.74, 6) is -1.29. The van der Waals surface area contributed by atoms with Crippen LogP contribution >= 0.6 is 11.6 Å². The summed E-state index contributed by atoms with van der Waals surface area (Å²) < 4.78 is 38.2. The van der Waals surface area contributed by atoms with Gasteiger partial charge in [-0.25, -0.2) is 0 Å². The molecule has 1 aromatic rings. The van der Waals surface area contributed by atoms with Crippen LogP contribution in [-0.2, 0) is 15.8 Å². The number of carbonyl (C=O) groups excluding carboxylic acids is 2. The Morgan fingerprint density at radius 3 is 2.17 bits per heavy atom. The summed E-state index contributed by atoms with van der Waals surface area (Å²) in [5.41, 5.74) is -2.61. The standard InChI is InChI=1S/C15H18ClF3N2O2/c1-8(2)20-12(22)14(3,4)13(23)21-11-7-9(15(17,18)19)5-6-10(11)16/h5-8H,1-4H3,(H,20,22)(H,21,23). The van der Waals surface area contributed by atoms with E-state index in [0.717, 1.165) is 18.2 Å². The number of carbonyl (C=O) groups is 2. The SMILES string of the molecule is CC(C)NC(=O)C(C)(C)C(=O)Nc1cc(C(F)(F)F)ccc1Cl. The van der Waals surface area contributed by atoms with Crippen LogP contribution in [-0.4, -0.2) is 17.9 Å². The first-order chi connectivity index (χ1) is 10.4. The number of alkyl halides is 3. The topological polar surface area (TPSA) is 58.2 Å². The van der Waals surface area contributed by atoms with Gasteiger partial charge >= 0.3 is 6.18 Å². The zero-order chi connectivity index (χ0) is 18.0. The molecule has 8 heteroatoms. The van der Waals surface area contributed by atoms with E-state index >= 15 is 0 Å². The van der Waals surface area contributed by atoms with E-state index in [9.17, 15) is 22.8 Å². The zero-order valence-corrected chi connectivity index (χ0v) is 13.9. The number of benzene rings is 1. The van der Waals surface area contributed by atoms with E-state index in [1.54, 1.807) is 13.8 Å². The Kier molecular flexibility index (Phi) is 5.69. The number of hydrogen-bond acceptors (Lipinski definition) is 2. The first-order valence-corrected chi connectivity index (χ1v) is 7.22. The Labute approximate surface area is 137 Å². The number of anilines is 1. The highest BCUT2D eigenvalue weighted by atomic mass is 35.5. The normalized spacial score (nSPS) is 12.2. The van der Waals surface area contributed by atoms with Crippen LogP contribution < -0.4 is 10.6 Å². The molecule has 0 spiro atoms. The Bertz CT molecular complexity index is 613. The van der Waals surface area contributed by atoms with Gasteiger partial charge in [0.25, 0.3) is 0 Å². The van der Waals surface area contributed by atoms with Gasteiger partial charge in [0.2, 0.25) is 11.8 Å². The van der Waals surface area contributed by atoms with Crippen molar-refractivity contribution in [2.75, 3.05) is 5.32 Å². The molecule has 0 bridgehead atoms. The Balaban J connectivity index is 3.03. The maximum Gasteiger partial charge on any atom is 0.416 e. The smallest absolute Gasteiger partial charge is 0.353 e. The summed E-state index contributed by atoms with van der Waals surface area (Å²) in [6.07, 6.45) is -4.56. The Hall–Kier alpha value is -1.76. The predicted octanol–water partition coefficient (Wildman–Crippen LogP) is 3.85. The van der Waals surface area contributed by atoms with Gasteiger partial charge in [-0.2, -0.15) is 13.2 Å². The third-order valence-corrected chi connectivity index (χ3v) is 3.43. The molecule has 4 nitrogen and oxygen atoms in total. The molecule has 0 fully saturated rings. The molecule has 1 rings (SSSR count). The van der Waals surface area contributed by atoms with Gasteiger partial charge in [-0.15, -0.1) is 0 Å². The molecule has 0 unspecified atom stereocenters. The van der Waals surface area contributed by atoms with Crippen LogP contribution in [0.5, 0.6) is 0 Å². The fourth-order valence-corrected chi connectivity index (χ4v) is 1.79. The highest BCUT2D eigenvalue weighted by Crippen LogP contribution is 2.34. The summed E-state index contributed by atoms with van der Waals surface area (Å²) in [6, 6.07) is 2.42. The van der Waals surface area contributed by atoms with E-state index < -0.39 is 29.0 Å². The minimum Gasteiger partial charge on any atom is -0.353 e. The molecule has 0 saturated heterocycles. The third kappa shape index (κ3) is 4.86. The average Bonchev–Trinajstić information content (AvgIpc) is 2.38. The summed E-state index contributed by atoms with van der Waals surface area (Å²) >= 11 is 5.82. The molecule has 0 aromatic heterocycles. The minimum atomic E-state index is -4.56. The number of halogens is 4. The molecule has 2 N–H and O–H groups in total. The second-order valence-electron chi connectivity index (χ2n) is 5.90. The van der Waals surface area contributed by atoms with Crippen molar-refractivity contribution in [3.8, 4) is 0 Å². The van der Waals surface area contributed by atoms with E-state index in [0.29, 0.717) is 0 Å². The van der Waals surface area contributed by atoms with Crippen molar-refractivity contribution in [1.82, 2.24) is 5.32 Å². The van der Waals surface area contributed by atoms with Crippen LogP contribution in [0.15, 0.2) is 18.2 Å². The zero-order valence-electron chi connectivity index (χ0n) is 13.1. The van der Waals surface area contributed by atoms with Crippen LogP contribution in [0.25, 0.3) is 0 Å². The molecule has 0 aliphatic carbocycles. The van der Waals surface area contributed by atoms with Crippen molar-refractivity contribution in [1.29, 1.82) is 0 Å². The minimum absolute atomic E-state index is 0.0496. The highest BCUT2D eigenvalue weighted by Gasteiger charge is 2.37. The van der Waals surface area contributed by atoms with Crippen molar-refractivity contribution in [3.63, 3.8) is 0 Å². The fourth-order valence-electron chi connectivity index (χ4n) is 1.62. The van der Waals surface area contributed by atoms with Gasteiger partial charge < -0.3 is 10.6 Å².